The van der Waals surface area contributed by atoms with Crippen molar-refractivity contribution in [3.8, 4) is 0 Å². The monoisotopic (exact) mass is 298 g/mol. The number of hydrogen-bond donors (Lipinski definition) is 0. The summed E-state index contributed by atoms with van der Waals surface area (Å²) in [5, 5.41) is -0.543. The van der Waals surface area contributed by atoms with Crippen LogP contribution in [0.2, 0.25) is 0 Å². The van der Waals surface area contributed by atoms with Gasteiger partial charge in [-0.05, 0) is 42.8 Å². The molecule has 2 rings (SSSR count). The molecule has 1 fully saturated rings. The fraction of sp³-hybridized carbons (Fsp3) is 0.533. The van der Waals surface area contributed by atoms with Gasteiger partial charge in [0.15, 0.2) is 0 Å². The zero-order valence-corrected chi connectivity index (χ0v) is 12.5. The van der Waals surface area contributed by atoms with Gasteiger partial charge in [0.05, 0.1) is 0 Å². The molecule has 5 heteroatoms. The highest BCUT2D eigenvalue weighted by Crippen LogP contribution is 2.16. The molecule has 1 aliphatic heterocycles. The first kappa shape index (κ1) is 15.4. The molecule has 0 spiro atoms. The third-order valence-electron chi connectivity index (χ3n) is 3.67. The second-order valence-electron chi connectivity index (χ2n) is 5.20. The summed E-state index contributed by atoms with van der Waals surface area (Å²) in [5.74, 6) is -0.275. The van der Waals surface area contributed by atoms with Crippen molar-refractivity contribution in [1.29, 1.82) is 0 Å². The summed E-state index contributed by atoms with van der Waals surface area (Å²) in [6, 6.07) is 4.30. The fourth-order valence-electron chi connectivity index (χ4n) is 2.55. The summed E-state index contributed by atoms with van der Waals surface area (Å²) in [5.41, 5.74) is 0.896. The first-order valence-electron chi connectivity index (χ1n) is 7.03. The van der Waals surface area contributed by atoms with E-state index < -0.39 is 5.24 Å². The Bertz CT molecular complexity index is 473. The Labute approximate surface area is 124 Å². The molecule has 0 radical (unpaired) electrons. The van der Waals surface area contributed by atoms with E-state index in [1.54, 1.807) is 6.07 Å². The van der Waals surface area contributed by atoms with Crippen LogP contribution in [0.5, 0.6) is 0 Å². The Balaban J connectivity index is 1.97. The molecule has 3 nitrogen and oxygen atoms in total. The molecule has 1 aromatic carbocycles. The van der Waals surface area contributed by atoms with E-state index in [4.69, 9.17) is 11.6 Å². The Morgan fingerprint density at radius 1 is 1.25 bits per heavy atom. The Morgan fingerprint density at radius 2 is 1.90 bits per heavy atom. The number of hydrogen-bond acceptors (Lipinski definition) is 3. The molecule has 0 amide bonds. The van der Waals surface area contributed by atoms with Crippen molar-refractivity contribution in [2.45, 2.75) is 19.9 Å². The first-order chi connectivity index (χ1) is 9.60. The van der Waals surface area contributed by atoms with Gasteiger partial charge in [-0.2, -0.15) is 0 Å². The van der Waals surface area contributed by atoms with Gasteiger partial charge in [-0.15, -0.1) is 0 Å². The Kier molecular flexibility index (Phi) is 5.52. The maximum Gasteiger partial charge on any atom is 0.252 e. The highest BCUT2D eigenvalue weighted by atomic mass is 35.5. The number of piperazine rings is 1. The van der Waals surface area contributed by atoms with Crippen molar-refractivity contribution in [3.63, 3.8) is 0 Å². The van der Waals surface area contributed by atoms with Gasteiger partial charge in [-0.25, -0.2) is 4.39 Å². The third-order valence-corrected chi connectivity index (χ3v) is 3.89. The molecule has 1 heterocycles. The predicted molar refractivity (Wildman–Crippen MR) is 78.6 cm³/mol. The largest absolute Gasteiger partial charge is 0.301 e. The normalized spacial score (nSPS) is 17.4. The lowest BCUT2D eigenvalue weighted by atomic mass is 10.1. The highest BCUT2D eigenvalue weighted by Gasteiger charge is 2.18. The zero-order valence-electron chi connectivity index (χ0n) is 11.7. The standard InChI is InChI=1S/C15H20ClFN2O/c1-2-5-18-6-8-19(9-7-18)11-13-10-12(15(16)20)3-4-14(13)17/h3-4,10H,2,5-9,11H2,1H3. The summed E-state index contributed by atoms with van der Waals surface area (Å²) in [6.07, 6.45) is 1.16. The number of carbonyl (C=O) groups excluding carboxylic acids is 1. The maximum absolute atomic E-state index is 13.8. The second-order valence-corrected chi connectivity index (χ2v) is 5.54. The molecule has 0 atom stereocenters. The smallest absolute Gasteiger partial charge is 0.252 e. The molecule has 1 aliphatic rings. The van der Waals surface area contributed by atoms with Crippen LogP contribution < -0.4 is 0 Å². The molecule has 0 saturated carbocycles. The van der Waals surface area contributed by atoms with E-state index in [0.717, 1.165) is 39.1 Å². The number of rotatable bonds is 5. The average Bonchev–Trinajstić information content (AvgIpc) is 2.43. The summed E-state index contributed by atoms with van der Waals surface area (Å²) in [7, 11) is 0. The van der Waals surface area contributed by atoms with Gasteiger partial charge in [-0.1, -0.05) is 6.92 Å². The van der Waals surface area contributed by atoms with Crippen LogP contribution >= 0.6 is 11.6 Å². The van der Waals surface area contributed by atoms with Crippen LogP contribution in [-0.4, -0.2) is 47.8 Å². The Morgan fingerprint density at radius 3 is 2.50 bits per heavy atom. The molecule has 0 N–H and O–H groups in total. The van der Waals surface area contributed by atoms with Crippen molar-refractivity contribution in [1.82, 2.24) is 9.80 Å². The summed E-state index contributed by atoms with van der Waals surface area (Å²) in [4.78, 5) is 15.8. The van der Waals surface area contributed by atoms with Gasteiger partial charge in [0.1, 0.15) is 5.82 Å². The average molecular weight is 299 g/mol. The van der Waals surface area contributed by atoms with Gasteiger partial charge in [0, 0.05) is 43.9 Å². The van der Waals surface area contributed by atoms with Crippen LogP contribution in [0.25, 0.3) is 0 Å². The van der Waals surface area contributed by atoms with Crippen molar-refractivity contribution >= 4 is 16.8 Å². The number of halogens is 2. The summed E-state index contributed by atoms with van der Waals surface area (Å²) >= 11 is 5.44. The lowest BCUT2D eigenvalue weighted by Gasteiger charge is -2.34. The van der Waals surface area contributed by atoms with Crippen LogP contribution in [0, 0.1) is 5.82 Å². The van der Waals surface area contributed by atoms with E-state index >= 15 is 0 Å². The van der Waals surface area contributed by atoms with E-state index in [1.807, 2.05) is 0 Å². The van der Waals surface area contributed by atoms with E-state index in [2.05, 4.69) is 16.7 Å². The molecule has 1 saturated heterocycles. The number of benzene rings is 1. The van der Waals surface area contributed by atoms with Crippen molar-refractivity contribution in [2.24, 2.45) is 0 Å². The minimum Gasteiger partial charge on any atom is -0.301 e. The molecule has 0 unspecified atom stereocenters. The highest BCUT2D eigenvalue weighted by molar-refractivity contribution is 6.67. The number of nitrogens with zero attached hydrogens (tertiary/aromatic N) is 2. The molecular weight excluding hydrogens is 279 g/mol. The lowest BCUT2D eigenvalue weighted by molar-refractivity contribution is 0.108. The molecular formula is C15H20ClFN2O. The molecule has 20 heavy (non-hydrogen) atoms. The van der Waals surface area contributed by atoms with E-state index in [1.165, 1.54) is 12.1 Å². The molecule has 0 aromatic heterocycles. The van der Waals surface area contributed by atoms with Gasteiger partial charge in [0.25, 0.3) is 5.24 Å². The third kappa shape index (κ3) is 4.01. The van der Waals surface area contributed by atoms with E-state index in [-0.39, 0.29) is 5.82 Å². The zero-order chi connectivity index (χ0) is 14.5. The van der Waals surface area contributed by atoms with Crippen molar-refractivity contribution in [2.75, 3.05) is 32.7 Å². The number of carbonyl (C=O) groups is 1. The van der Waals surface area contributed by atoms with E-state index in [0.29, 0.717) is 17.7 Å². The quantitative estimate of drug-likeness (QED) is 0.781. The van der Waals surface area contributed by atoms with Crippen molar-refractivity contribution < 1.29 is 9.18 Å². The van der Waals surface area contributed by atoms with Crippen LogP contribution in [0.15, 0.2) is 18.2 Å². The molecule has 0 aliphatic carbocycles. The molecule has 1 aromatic rings. The maximum atomic E-state index is 13.8. The molecule has 0 bridgehead atoms. The minimum atomic E-state index is -0.543. The Hall–Kier alpha value is -0.970. The SMILES string of the molecule is CCCN1CCN(Cc2cc(C(=O)Cl)ccc2F)CC1. The van der Waals surface area contributed by atoms with Gasteiger partial charge < -0.3 is 4.90 Å². The van der Waals surface area contributed by atoms with E-state index in [9.17, 15) is 9.18 Å². The first-order valence-corrected chi connectivity index (χ1v) is 7.41. The lowest BCUT2D eigenvalue weighted by Crippen LogP contribution is -2.46. The van der Waals surface area contributed by atoms with Crippen LogP contribution in [-0.2, 0) is 6.54 Å². The van der Waals surface area contributed by atoms with Crippen LogP contribution in [0.4, 0.5) is 4.39 Å². The molecule has 110 valence electrons. The van der Waals surface area contributed by atoms with Gasteiger partial charge >= 0.3 is 0 Å². The fourth-order valence-corrected chi connectivity index (χ4v) is 2.66. The summed E-state index contributed by atoms with van der Waals surface area (Å²) in [6.45, 7) is 7.73. The van der Waals surface area contributed by atoms with Crippen LogP contribution in [0.3, 0.4) is 0 Å². The predicted octanol–water partition coefficient (Wildman–Crippen LogP) is 2.73. The van der Waals surface area contributed by atoms with Crippen LogP contribution in [0.1, 0.15) is 29.3 Å². The topological polar surface area (TPSA) is 23.6 Å². The summed E-state index contributed by atoms with van der Waals surface area (Å²) < 4.78 is 13.8. The van der Waals surface area contributed by atoms with Gasteiger partial charge in [-0.3, -0.25) is 9.69 Å². The van der Waals surface area contributed by atoms with Gasteiger partial charge in [0.2, 0.25) is 0 Å². The second kappa shape index (κ2) is 7.16. The minimum absolute atomic E-state index is 0.275. The van der Waals surface area contributed by atoms with Crippen molar-refractivity contribution in [3.05, 3.63) is 35.1 Å².